The molecule has 0 bridgehead atoms. The lowest BCUT2D eigenvalue weighted by Crippen LogP contribution is -2.08. The fourth-order valence-electron chi connectivity index (χ4n) is 1.45. The van der Waals surface area contributed by atoms with Crippen molar-refractivity contribution in [2.75, 3.05) is 18.2 Å². The van der Waals surface area contributed by atoms with Gasteiger partial charge in [0.15, 0.2) is 0 Å². The van der Waals surface area contributed by atoms with Gasteiger partial charge in [-0.2, -0.15) is 9.97 Å². The number of anilines is 2. The van der Waals surface area contributed by atoms with Gasteiger partial charge in [-0.15, -0.1) is 11.3 Å². The van der Waals surface area contributed by atoms with Crippen LogP contribution in [-0.4, -0.2) is 17.1 Å². The quantitative estimate of drug-likeness (QED) is 0.871. The second-order valence-corrected chi connectivity index (χ2v) is 4.51. The zero-order valence-electron chi connectivity index (χ0n) is 9.68. The van der Waals surface area contributed by atoms with Crippen LogP contribution in [0.25, 0.3) is 0 Å². The number of nitrogen functional groups attached to an aromatic ring is 1. The fourth-order valence-corrected chi connectivity index (χ4v) is 2.19. The third-order valence-electron chi connectivity index (χ3n) is 2.26. The first kappa shape index (κ1) is 11.7. The fraction of sp³-hybridized carbons (Fsp3) is 0.273. The van der Waals surface area contributed by atoms with Gasteiger partial charge in [0.25, 0.3) is 0 Å². The lowest BCUT2D eigenvalue weighted by molar-refractivity contribution is 0.398. The molecule has 5 nitrogen and oxygen atoms in total. The molecule has 0 aliphatic carbocycles. The third kappa shape index (κ3) is 2.85. The van der Waals surface area contributed by atoms with Crippen molar-refractivity contribution >= 4 is 23.1 Å². The average Bonchev–Trinajstić information content (AvgIpc) is 2.81. The van der Waals surface area contributed by atoms with E-state index in [4.69, 9.17) is 10.5 Å². The van der Waals surface area contributed by atoms with Gasteiger partial charge in [0.05, 0.1) is 13.2 Å². The molecule has 0 saturated heterocycles. The van der Waals surface area contributed by atoms with Gasteiger partial charge in [-0.3, -0.25) is 0 Å². The van der Waals surface area contributed by atoms with Crippen molar-refractivity contribution in [2.45, 2.75) is 13.0 Å². The Hall–Kier alpha value is -1.82. The normalized spacial score (nSPS) is 12.1. The van der Waals surface area contributed by atoms with Crippen LogP contribution in [0.15, 0.2) is 23.6 Å². The van der Waals surface area contributed by atoms with Crippen LogP contribution in [0, 0.1) is 0 Å². The number of methoxy groups -OCH3 is 1. The minimum atomic E-state index is 0.175. The molecule has 17 heavy (non-hydrogen) atoms. The van der Waals surface area contributed by atoms with Crippen LogP contribution in [0.2, 0.25) is 0 Å². The van der Waals surface area contributed by atoms with E-state index in [1.165, 1.54) is 4.88 Å². The molecule has 2 aromatic heterocycles. The van der Waals surface area contributed by atoms with Crippen molar-refractivity contribution in [1.82, 2.24) is 9.97 Å². The molecule has 0 spiro atoms. The van der Waals surface area contributed by atoms with Crippen molar-refractivity contribution < 1.29 is 4.74 Å². The summed E-state index contributed by atoms with van der Waals surface area (Å²) in [7, 11) is 1.55. The number of thiophene rings is 1. The van der Waals surface area contributed by atoms with Crippen molar-refractivity contribution in [3.63, 3.8) is 0 Å². The number of aromatic nitrogens is 2. The average molecular weight is 250 g/mol. The van der Waals surface area contributed by atoms with Gasteiger partial charge in [0, 0.05) is 10.9 Å². The van der Waals surface area contributed by atoms with Crippen LogP contribution >= 0.6 is 11.3 Å². The predicted octanol–water partition coefficient (Wildman–Crippen LogP) is 2.30. The van der Waals surface area contributed by atoms with Gasteiger partial charge in [-0.25, -0.2) is 0 Å². The van der Waals surface area contributed by atoms with Crippen LogP contribution in [0.4, 0.5) is 11.8 Å². The molecule has 6 heteroatoms. The summed E-state index contributed by atoms with van der Waals surface area (Å²) in [6.45, 7) is 2.07. The van der Waals surface area contributed by atoms with E-state index in [0.717, 1.165) is 0 Å². The maximum atomic E-state index is 5.59. The van der Waals surface area contributed by atoms with E-state index in [-0.39, 0.29) is 12.0 Å². The summed E-state index contributed by atoms with van der Waals surface area (Å²) in [5.74, 6) is 1.32. The smallest absolute Gasteiger partial charge is 0.225 e. The van der Waals surface area contributed by atoms with Gasteiger partial charge in [-0.05, 0) is 18.4 Å². The van der Waals surface area contributed by atoms with E-state index in [0.29, 0.717) is 11.7 Å². The standard InChI is InChI=1S/C11H14N4OS/c1-7(8-4-3-5-17-8)13-9-6-10(16-2)15-11(12)14-9/h3-7H,1-2H3,(H3,12,13,14,15). The van der Waals surface area contributed by atoms with Crippen molar-refractivity contribution in [3.05, 3.63) is 28.5 Å². The van der Waals surface area contributed by atoms with Gasteiger partial charge in [-0.1, -0.05) is 6.07 Å². The molecule has 2 aromatic rings. The Kier molecular flexibility index (Phi) is 3.43. The van der Waals surface area contributed by atoms with Gasteiger partial charge in [0.1, 0.15) is 5.82 Å². The highest BCUT2D eigenvalue weighted by Crippen LogP contribution is 2.23. The minimum absolute atomic E-state index is 0.175. The van der Waals surface area contributed by atoms with Gasteiger partial charge in [0.2, 0.25) is 11.8 Å². The van der Waals surface area contributed by atoms with E-state index >= 15 is 0 Å². The van der Waals surface area contributed by atoms with Crippen molar-refractivity contribution in [1.29, 1.82) is 0 Å². The molecule has 3 N–H and O–H groups in total. The molecular formula is C11H14N4OS. The first-order valence-corrected chi connectivity index (χ1v) is 6.05. The highest BCUT2D eigenvalue weighted by molar-refractivity contribution is 7.10. The molecule has 1 unspecified atom stereocenters. The first-order chi connectivity index (χ1) is 8.19. The summed E-state index contributed by atoms with van der Waals surface area (Å²) in [5, 5.41) is 5.30. The van der Waals surface area contributed by atoms with Gasteiger partial charge >= 0.3 is 0 Å². The van der Waals surface area contributed by atoms with Gasteiger partial charge < -0.3 is 15.8 Å². The lowest BCUT2D eigenvalue weighted by atomic mass is 10.3. The number of nitrogens with one attached hydrogen (secondary N) is 1. The van der Waals surface area contributed by atoms with Crippen LogP contribution in [0.1, 0.15) is 17.8 Å². The highest BCUT2D eigenvalue weighted by atomic mass is 32.1. The summed E-state index contributed by atoms with van der Waals surface area (Å²) < 4.78 is 5.04. The summed E-state index contributed by atoms with van der Waals surface area (Å²) in [4.78, 5) is 9.28. The molecule has 0 aromatic carbocycles. The molecule has 0 amide bonds. The molecule has 1 atom stereocenters. The van der Waals surface area contributed by atoms with Crippen LogP contribution < -0.4 is 15.8 Å². The summed E-state index contributed by atoms with van der Waals surface area (Å²) in [6.07, 6.45) is 0. The van der Waals surface area contributed by atoms with E-state index in [1.54, 1.807) is 24.5 Å². The highest BCUT2D eigenvalue weighted by Gasteiger charge is 2.08. The van der Waals surface area contributed by atoms with E-state index in [9.17, 15) is 0 Å². The topological polar surface area (TPSA) is 73.1 Å². The van der Waals surface area contributed by atoms with E-state index in [2.05, 4.69) is 28.3 Å². The Morgan fingerprint density at radius 3 is 2.94 bits per heavy atom. The number of hydrogen-bond donors (Lipinski definition) is 2. The second-order valence-electron chi connectivity index (χ2n) is 3.54. The molecule has 0 fully saturated rings. The maximum Gasteiger partial charge on any atom is 0.225 e. The van der Waals surface area contributed by atoms with E-state index < -0.39 is 0 Å². The Morgan fingerprint density at radius 2 is 2.29 bits per heavy atom. The Bertz CT molecular complexity index is 486. The monoisotopic (exact) mass is 250 g/mol. The molecule has 0 saturated carbocycles. The second kappa shape index (κ2) is 5.01. The SMILES string of the molecule is COc1cc(NC(C)c2cccs2)nc(N)n1. The molecule has 2 rings (SSSR count). The Morgan fingerprint density at radius 1 is 1.47 bits per heavy atom. The van der Waals surface area contributed by atoms with Crippen LogP contribution in [0.5, 0.6) is 5.88 Å². The minimum Gasteiger partial charge on any atom is -0.481 e. The third-order valence-corrected chi connectivity index (χ3v) is 3.32. The first-order valence-electron chi connectivity index (χ1n) is 5.17. The van der Waals surface area contributed by atoms with E-state index in [1.807, 2.05) is 11.4 Å². The molecular weight excluding hydrogens is 236 g/mol. The number of hydrogen-bond acceptors (Lipinski definition) is 6. The maximum absolute atomic E-state index is 5.59. The number of nitrogens with zero attached hydrogens (tertiary/aromatic N) is 2. The Balaban J connectivity index is 2.15. The zero-order chi connectivity index (χ0) is 12.3. The van der Waals surface area contributed by atoms with Crippen molar-refractivity contribution in [3.8, 4) is 5.88 Å². The number of ether oxygens (including phenoxy) is 1. The Labute approximate surface area is 104 Å². The lowest BCUT2D eigenvalue weighted by Gasteiger charge is -2.13. The molecule has 90 valence electrons. The predicted molar refractivity (Wildman–Crippen MR) is 69.4 cm³/mol. The largest absolute Gasteiger partial charge is 0.481 e. The van der Waals surface area contributed by atoms with Crippen molar-refractivity contribution in [2.24, 2.45) is 0 Å². The molecule has 2 heterocycles. The van der Waals surface area contributed by atoms with Crippen LogP contribution in [-0.2, 0) is 0 Å². The number of nitrogens with two attached hydrogens (primary N) is 1. The number of rotatable bonds is 4. The summed E-state index contributed by atoms with van der Waals surface area (Å²) in [6, 6.07) is 5.99. The summed E-state index contributed by atoms with van der Waals surface area (Å²) >= 11 is 1.70. The zero-order valence-corrected chi connectivity index (χ0v) is 10.5. The molecule has 0 radical (unpaired) electrons. The van der Waals surface area contributed by atoms with Crippen LogP contribution in [0.3, 0.4) is 0 Å². The molecule has 0 aliphatic heterocycles. The summed E-state index contributed by atoms with van der Waals surface area (Å²) in [5.41, 5.74) is 5.59. The molecule has 0 aliphatic rings.